The first-order chi connectivity index (χ1) is 9.31. The molecule has 0 aliphatic carbocycles. The fraction of sp³-hybridized carbons (Fsp3) is 0.267. The highest BCUT2D eigenvalue weighted by Crippen LogP contribution is 2.19. The number of hydrogen-bond acceptors (Lipinski definition) is 4. The fourth-order valence-electron chi connectivity index (χ4n) is 2.03. The number of nitrogens with zero attached hydrogens (tertiary/aromatic N) is 1. The lowest BCUT2D eigenvalue weighted by atomic mass is 10.1. The Morgan fingerprint density at radius 3 is 2.89 bits per heavy atom. The summed E-state index contributed by atoms with van der Waals surface area (Å²) < 4.78 is 10.9. The molecule has 1 atom stereocenters. The molecule has 4 nitrogen and oxygen atoms in total. The molecule has 19 heavy (non-hydrogen) atoms. The standard InChI is InChI=1S/C15H16N2O2/c1-11(8-9-12-5-4-10-18-12)16-15-17-13-6-2-3-7-14(13)19-15/h2-7,10-11H,8-9H2,1H3,(H,16,17). The molecule has 0 spiro atoms. The topological polar surface area (TPSA) is 51.2 Å². The molecule has 0 amide bonds. The third-order valence-electron chi connectivity index (χ3n) is 3.07. The summed E-state index contributed by atoms with van der Waals surface area (Å²) in [6.07, 6.45) is 3.57. The zero-order chi connectivity index (χ0) is 13.1. The average molecular weight is 256 g/mol. The molecule has 0 aliphatic rings. The molecule has 0 aliphatic heterocycles. The van der Waals surface area contributed by atoms with E-state index in [0.29, 0.717) is 6.01 Å². The quantitative estimate of drug-likeness (QED) is 0.753. The van der Waals surface area contributed by atoms with E-state index in [9.17, 15) is 0 Å². The molecular formula is C15H16N2O2. The van der Waals surface area contributed by atoms with Gasteiger partial charge in [-0.15, -0.1) is 0 Å². The number of rotatable bonds is 5. The Morgan fingerprint density at radius 2 is 2.11 bits per heavy atom. The maximum atomic E-state index is 5.63. The molecule has 0 radical (unpaired) electrons. The highest BCUT2D eigenvalue weighted by Gasteiger charge is 2.09. The Kier molecular flexibility index (Phi) is 3.23. The van der Waals surface area contributed by atoms with E-state index in [2.05, 4.69) is 17.2 Å². The lowest BCUT2D eigenvalue weighted by molar-refractivity contribution is 0.492. The minimum atomic E-state index is 0.276. The van der Waals surface area contributed by atoms with Crippen LogP contribution in [-0.4, -0.2) is 11.0 Å². The number of anilines is 1. The van der Waals surface area contributed by atoms with Crippen LogP contribution in [-0.2, 0) is 6.42 Å². The molecule has 0 bridgehead atoms. The van der Waals surface area contributed by atoms with Crippen LogP contribution >= 0.6 is 0 Å². The number of benzene rings is 1. The van der Waals surface area contributed by atoms with Gasteiger partial charge in [0, 0.05) is 12.5 Å². The SMILES string of the molecule is CC(CCc1ccco1)Nc1nc2ccccc2o1. The van der Waals surface area contributed by atoms with Crippen LogP contribution in [0.25, 0.3) is 11.1 Å². The lowest BCUT2D eigenvalue weighted by Gasteiger charge is -2.10. The number of furan rings is 1. The summed E-state index contributed by atoms with van der Waals surface area (Å²) in [7, 11) is 0. The van der Waals surface area contributed by atoms with Crippen molar-refractivity contribution in [2.24, 2.45) is 0 Å². The van der Waals surface area contributed by atoms with Gasteiger partial charge in [0.15, 0.2) is 5.58 Å². The molecule has 1 unspecified atom stereocenters. The summed E-state index contributed by atoms with van der Waals surface area (Å²) in [6, 6.07) is 12.5. The fourth-order valence-corrected chi connectivity index (χ4v) is 2.03. The predicted octanol–water partition coefficient (Wildman–Crippen LogP) is 3.85. The van der Waals surface area contributed by atoms with Crippen LogP contribution in [0.5, 0.6) is 0 Å². The van der Waals surface area contributed by atoms with E-state index < -0.39 is 0 Å². The normalized spacial score (nSPS) is 12.7. The Bertz CT molecular complexity index is 610. The van der Waals surface area contributed by atoms with Crippen LogP contribution in [0.15, 0.2) is 51.5 Å². The molecular weight excluding hydrogens is 240 g/mol. The molecule has 0 fully saturated rings. The van der Waals surface area contributed by atoms with Crippen LogP contribution in [0, 0.1) is 0 Å². The Hall–Kier alpha value is -2.23. The molecule has 1 aromatic carbocycles. The summed E-state index contributed by atoms with van der Waals surface area (Å²) in [5.74, 6) is 1.01. The molecule has 1 N–H and O–H groups in total. The molecule has 3 aromatic rings. The number of nitrogens with one attached hydrogen (secondary N) is 1. The van der Waals surface area contributed by atoms with Crippen LogP contribution in [0.3, 0.4) is 0 Å². The summed E-state index contributed by atoms with van der Waals surface area (Å²) in [5.41, 5.74) is 1.69. The second-order valence-corrected chi connectivity index (χ2v) is 4.65. The van der Waals surface area contributed by atoms with Crippen molar-refractivity contribution in [1.29, 1.82) is 0 Å². The third kappa shape index (κ3) is 2.78. The zero-order valence-electron chi connectivity index (χ0n) is 10.8. The van der Waals surface area contributed by atoms with Crippen molar-refractivity contribution in [3.05, 3.63) is 48.4 Å². The highest BCUT2D eigenvalue weighted by molar-refractivity contribution is 5.74. The van der Waals surface area contributed by atoms with Crippen LogP contribution in [0.1, 0.15) is 19.1 Å². The van der Waals surface area contributed by atoms with Gasteiger partial charge in [0.2, 0.25) is 0 Å². The molecule has 98 valence electrons. The Balaban J connectivity index is 1.60. The predicted molar refractivity (Wildman–Crippen MR) is 74.1 cm³/mol. The maximum Gasteiger partial charge on any atom is 0.295 e. The van der Waals surface area contributed by atoms with Gasteiger partial charge in [0.25, 0.3) is 6.01 Å². The maximum absolute atomic E-state index is 5.63. The number of para-hydroxylation sites is 2. The zero-order valence-corrected chi connectivity index (χ0v) is 10.8. The largest absolute Gasteiger partial charge is 0.469 e. The molecule has 3 rings (SSSR count). The van der Waals surface area contributed by atoms with Gasteiger partial charge in [0.05, 0.1) is 6.26 Å². The minimum Gasteiger partial charge on any atom is -0.469 e. The summed E-state index contributed by atoms with van der Waals surface area (Å²) in [4.78, 5) is 4.40. The highest BCUT2D eigenvalue weighted by atomic mass is 16.4. The molecule has 0 saturated heterocycles. The van der Waals surface area contributed by atoms with Crippen LogP contribution in [0.2, 0.25) is 0 Å². The second-order valence-electron chi connectivity index (χ2n) is 4.65. The lowest BCUT2D eigenvalue weighted by Crippen LogP contribution is -2.16. The third-order valence-corrected chi connectivity index (χ3v) is 3.07. The number of hydrogen-bond donors (Lipinski definition) is 1. The first kappa shape index (κ1) is 11.8. The van der Waals surface area contributed by atoms with E-state index in [1.807, 2.05) is 36.4 Å². The van der Waals surface area contributed by atoms with Crippen LogP contribution < -0.4 is 5.32 Å². The van der Waals surface area contributed by atoms with E-state index in [0.717, 1.165) is 29.7 Å². The molecule has 2 aromatic heterocycles. The van der Waals surface area contributed by atoms with Crippen molar-refractivity contribution in [1.82, 2.24) is 4.98 Å². The van der Waals surface area contributed by atoms with Gasteiger partial charge < -0.3 is 14.2 Å². The van der Waals surface area contributed by atoms with E-state index in [1.54, 1.807) is 6.26 Å². The van der Waals surface area contributed by atoms with Crippen molar-refractivity contribution in [2.75, 3.05) is 5.32 Å². The van der Waals surface area contributed by atoms with Gasteiger partial charge in [-0.2, -0.15) is 4.98 Å². The van der Waals surface area contributed by atoms with Gasteiger partial charge in [-0.1, -0.05) is 12.1 Å². The van der Waals surface area contributed by atoms with Gasteiger partial charge >= 0.3 is 0 Å². The van der Waals surface area contributed by atoms with Gasteiger partial charge in [-0.05, 0) is 37.6 Å². The van der Waals surface area contributed by atoms with Crippen molar-refractivity contribution in [3.63, 3.8) is 0 Å². The number of aryl methyl sites for hydroxylation is 1. The van der Waals surface area contributed by atoms with E-state index >= 15 is 0 Å². The van der Waals surface area contributed by atoms with Crippen molar-refractivity contribution in [3.8, 4) is 0 Å². The first-order valence-corrected chi connectivity index (χ1v) is 6.46. The molecule has 4 heteroatoms. The molecule has 2 heterocycles. The first-order valence-electron chi connectivity index (χ1n) is 6.46. The molecule has 0 saturated carbocycles. The monoisotopic (exact) mass is 256 g/mol. The number of fused-ring (bicyclic) bond motifs is 1. The Morgan fingerprint density at radius 1 is 1.21 bits per heavy atom. The van der Waals surface area contributed by atoms with E-state index in [1.165, 1.54) is 0 Å². The van der Waals surface area contributed by atoms with Gasteiger partial charge in [-0.25, -0.2) is 0 Å². The van der Waals surface area contributed by atoms with Crippen molar-refractivity contribution in [2.45, 2.75) is 25.8 Å². The smallest absolute Gasteiger partial charge is 0.295 e. The summed E-state index contributed by atoms with van der Waals surface area (Å²) >= 11 is 0. The Labute approximate surface area is 111 Å². The summed E-state index contributed by atoms with van der Waals surface area (Å²) in [5, 5.41) is 3.27. The minimum absolute atomic E-state index is 0.276. The average Bonchev–Trinajstić information content (AvgIpc) is 3.04. The second kappa shape index (κ2) is 5.18. The number of oxazole rings is 1. The van der Waals surface area contributed by atoms with Crippen LogP contribution in [0.4, 0.5) is 6.01 Å². The van der Waals surface area contributed by atoms with E-state index in [4.69, 9.17) is 8.83 Å². The van der Waals surface area contributed by atoms with Gasteiger partial charge in [0.1, 0.15) is 11.3 Å². The summed E-state index contributed by atoms with van der Waals surface area (Å²) in [6.45, 7) is 2.11. The number of aromatic nitrogens is 1. The van der Waals surface area contributed by atoms with Crippen molar-refractivity contribution >= 4 is 17.1 Å². The van der Waals surface area contributed by atoms with Gasteiger partial charge in [-0.3, -0.25) is 0 Å². The van der Waals surface area contributed by atoms with E-state index in [-0.39, 0.29) is 6.04 Å². The van der Waals surface area contributed by atoms with Crippen molar-refractivity contribution < 1.29 is 8.83 Å².